The van der Waals surface area contributed by atoms with Crippen LogP contribution in [-0.4, -0.2) is 15.8 Å². The van der Waals surface area contributed by atoms with Crippen molar-refractivity contribution in [3.8, 4) is 5.69 Å². The number of para-hydroxylation sites is 1. The molecule has 0 aliphatic heterocycles. The molecule has 2 amide bonds. The molecular formula is C21H25N5O. The van der Waals surface area contributed by atoms with E-state index in [-0.39, 0.29) is 11.4 Å². The van der Waals surface area contributed by atoms with Gasteiger partial charge in [-0.2, -0.15) is 5.10 Å². The van der Waals surface area contributed by atoms with Crippen molar-refractivity contribution in [2.45, 2.75) is 32.7 Å². The van der Waals surface area contributed by atoms with Crippen molar-refractivity contribution in [2.75, 3.05) is 10.6 Å². The number of nitrogens with one attached hydrogen (secondary N) is 2. The molecule has 2 aromatic carbocycles. The first kappa shape index (κ1) is 18.7. The highest BCUT2D eigenvalue weighted by Gasteiger charge is 2.21. The topological polar surface area (TPSA) is 85.0 Å². The van der Waals surface area contributed by atoms with Gasteiger partial charge in [-0.05, 0) is 29.8 Å². The van der Waals surface area contributed by atoms with Crippen molar-refractivity contribution in [3.63, 3.8) is 0 Å². The molecule has 0 aliphatic rings. The lowest BCUT2D eigenvalue weighted by Crippen LogP contribution is -2.21. The maximum absolute atomic E-state index is 12.5. The second-order valence-electron chi connectivity index (χ2n) is 7.40. The molecule has 0 radical (unpaired) electrons. The fraction of sp³-hybridized carbons (Fsp3) is 0.238. The molecule has 1 aromatic heterocycles. The van der Waals surface area contributed by atoms with Crippen LogP contribution in [0.4, 0.5) is 16.3 Å². The molecule has 27 heavy (non-hydrogen) atoms. The van der Waals surface area contributed by atoms with E-state index in [1.54, 1.807) is 4.68 Å². The summed E-state index contributed by atoms with van der Waals surface area (Å²) in [5.41, 5.74) is 9.08. The van der Waals surface area contributed by atoms with Crippen LogP contribution >= 0.6 is 0 Å². The number of hydrogen-bond acceptors (Lipinski definition) is 3. The number of carbonyl (C=O) groups excluding carboxylic acids is 1. The maximum Gasteiger partial charge on any atom is 0.324 e. The van der Waals surface area contributed by atoms with E-state index >= 15 is 0 Å². The van der Waals surface area contributed by atoms with Crippen LogP contribution in [0.25, 0.3) is 5.69 Å². The number of nitrogens with two attached hydrogens (primary N) is 1. The molecule has 3 rings (SSSR count). The highest BCUT2D eigenvalue weighted by Crippen LogP contribution is 2.26. The summed E-state index contributed by atoms with van der Waals surface area (Å²) in [6.07, 6.45) is 0. The Labute approximate surface area is 159 Å². The summed E-state index contributed by atoms with van der Waals surface area (Å²) in [6, 6.07) is 18.7. The third-order valence-electron chi connectivity index (χ3n) is 4.14. The van der Waals surface area contributed by atoms with E-state index in [0.717, 1.165) is 22.6 Å². The number of rotatable bonds is 4. The number of urea groups is 1. The first-order valence-corrected chi connectivity index (χ1v) is 8.90. The van der Waals surface area contributed by atoms with Crippen LogP contribution in [-0.2, 0) is 12.0 Å². The molecule has 6 nitrogen and oxygen atoms in total. The number of nitrogens with zero attached hydrogens (tertiary/aromatic N) is 2. The average Bonchev–Trinajstić information content (AvgIpc) is 3.06. The van der Waals surface area contributed by atoms with E-state index < -0.39 is 0 Å². The smallest absolute Gasteiger partial charge is 0.324 e. The Kier molecular flexibility index (Phi) is 5.28. The summed E-state index contributed by atoms with van der Waals surface area (Å²) in [6.45, 7) is 6.70. The van der Waals surface area contributed by atoms with Gasteiger partial charge in [0.2, 0.25) is 0 Å². The van der Waals surface area contributed by atoms with Gasteiger partial charge in [0.25, 0.3) is 0 Å². The first-order chi connectivity index (χ1) is 12.9. The van der Waals surface area contributed by atoms with Gasteiger partial charge in [-0.3, -0.25) is 5.32 Å². The summed E-state index contributed by atoms with van der Waals surface area (Å²) in [5.74, 6) is 0.600. The van der Waals surface area contributed by atoms with Crippen LogP contribution in [0.5, 0.6) is 0 Å². The van der Waals surface area contributed by atoms with E-state index in [1.807, 2.05) is 60.7 Å². The van der Waals surface area contributed by atoms with Crippen molar-refractivity contribution in [3.05, 3.63) is 71.9 Å². The normalized spacial score (nSPS) is 11.3. The molecule has 0 bridgehead atoms. The predicted molar refractivity (Wildman–Crippen MR) is 109 cm³/mol. The molecule has 6 heteroatoms. The van der Waals surface area contributed by atoms with Gasteiger partial charge in [0.15, 0.2) is 0 Å². The average molecular weight is 363 g/mol. The van der Waals surface area contributed by atoms with E-state index in [0.29, 0.717) is 12.4 Å². The highest BCUT2D eigenvalue weighted by molar-refractivity contribution is 5.99. The lowest BCUT2D eigenvalue weighted by molar-refractivity contribution is 0.262. The zero-order valence-corrected chi connectivity index (χ0v) is 15.9. The zero-order valence-electron chi connectivity index (χ0n) is 15.9. The standard InChI is InChI=1S/C21H25N5O/c1-21(2,3)18-13-19(24-20(27)23-16-9-5-4-6-10-16)26(25-18)17-11-7-8-15(12-17)14-22/h4-13H,14,22H2,1-3H3,(H2,23,24,27). The van der Waals surface area contributed by atoms with Crippen LogP contribution in [0, 0.1) is 0 Å². The molecule has 140 valence electrons. The fourth-order valence-electron chi connectivity index (χ4n) is 2.65. The van der Waals surface area contributed by atoms with Gasteiger partial charge in [0, 0.05) is 23.7 Å². The van der Waals surface area contributed by atoms with Gasteiger partial charge >= 0.3 is 6.03 Å². The molecule has 0 fully saturated rings. The van der Waals surface area contributed by atoms with Crippen LogP contribution < -0.4 is 16.4 Å². The van der Waals surface area contributed by atoms with Gasteiger partial charge in [-0.25, -0.2) is 9.48 Å². The summed E-state index contributed by atoms with van der Waals surface area (Å²) in [5, 5.41) is 10.5. The van der Waals surface area contributed by atoms with Crippen LogP contribution in [0.3, 0.4) is 0 Å². The number of carbonyl (C=O) groups is 1. The number of aromatic nitrogens is 2. The largest absolute Gasteiger partial charge is 0.326 e. The zero-order chi connectivity index (χ0) is 19.4. The summed E-state index contributed by atoms with van der Waals surface area (Å²) >= 11 is 0. The minimum absolute atomic E-state index is 0.150. The molecule has 0 unspecified atom stereocenters. The van der Waals surface area contributed by atoms with E-state index in [1.165, 1.54) is 0 Å². The van der Waals surface area contributed by atoms with Gasteiger partial charge < -0.3 is 11.1 Å². The Morgan fingerprint density at radius 1 is 1.04 bits per heavy atom. The Hall–Kier alpha value is -3.12. The van der Waals surface area contributed by atoms with Crippen molar-refractivity contribution in [1.82, 2.24) is 9.78 Å². The third kappa shape index (κ3) is 4.54. The lowest BCUT2D eigenvalue weighted by atomic mass is 9.92. The third-order valence-corrected chi connectivity index (χ3v) is 4.14. The fourth-order valence-corrected chi connectivity index (χ4v) is 2.65. The van der Waals surface area contributed by atoms with Crippen molar-refractivity contribution in [2.24, 2.45) is 5.73 Å². The molecule has 4 N–H and O–H groups in total. The van der Waals surface area contributed by atoms with Crippen LogP contribution in [0.2, 0.25) is 0 Å². The Bertz CT molecular complexity index is 925. The molecule has 1 heterocycles. The number of benzene rings is 2. The van der Waals surface area contributed by atoms with Gasteiger partial charge in [0.05, 0.1) is 11.4 Å². The SMILES string of the molecule is CC(C)(C)c1cc(NC(=O)Nc2ccccc2)n(-c2cccc(CN)c2)n1. The number of hydrogen-bond donors (Lipinski definition) is 3. The molecular weight excluding hydrogens is 338 g/mol. The second kappa shape index (κ2) is 7.63. The summed E-state index contributed by atoms with van der Waals surface area (Å²) < 4.78 is 1.74. The second-order valence-corrected chi connectivity index (χ2v) is 7.40. The molecule has 0 saturated carbocycles. The van der Waals surface area contributed by atoms with Crippen LogP contribution in [0.15, 0.2) is 60.7 Å². The highest BCUT2D eigenvalue weighted by atomic mass is 16.2. The van der Waals surface area contributed by atoms with E-state index in [9.17, 15) is 4.79 Å². The van der Waals surface area contributed by atoms with E-state index in [4.69, 9.17) is 10.8 Å². The molecule has 0 aliphatic carbocycles. The Balaban J connectivity index is 1.93. The predicted octanol–water partition coefficient (Wildman–Crippen LogP) is 4.27. The minimum atomic E-state index is -0.321. The first-order valence-electron chi connectivity index (χ1n) is 8.90. The summed E-state index contributed by atoms with van der Waals surface area (Å²) in [7, 11) is 0. The van der Waals surface area contributed by atoms with Crippen molar-refractivity contribution >= 4 is 17.5 Å². The number of anilines is 2. The van der Waals surface area contributed by atoms with Crippen LogP contribution in [0.1, 0.15) is 32.0 Å². The molecule has 3 aromatic rings. The molecule has 0 saturated heterocycles. The lowest BCUT2D eigenvalue weighted by Gasteiger charge is -2.14. The maximum atomic E-state index is 12.5. The molecule has 0 atom stereocenters. The van der Waals surface area contributed by atoms with Crippen molar-refractivity contribution in [1.29, 1.82) is 0 Å². The summed E-state index contributed by atoms with van der Waals surface area (Å²) in [4.78, 5) is 12.5. The number of amides is 2. The van der Waals surface area contributed by atoms with Gasteiger partial charge in [0.1, 0.15) is 5.82 Å². The Morgan fingerprint density at radius 3 is 2.44 bits per heavy atom. The minimum Gasteiger partial charge on any atom is -0.326 e. The van der Waals surface area contributed by atoms with Gasteiger partial charge in [-0.1, -0.05) is 51.1 Å². The van der Waals surface area contributed by atoms with E-state index in [2.05, 4.69) is 31.4 Å². The quantitative estimate of drug-likeness (QED) is 0.647. The van der Waals surface area contributed by atoms with Crippen molar-refractivity contribution < 1.29 is 4.79 Å². The van der Waals surface area contributed by atoms with Gasteiger partial charge in [-0.15, -0.1) is 0 Å². The molecule has 0 spiro atoms. The Morgan fingerprint density at radius 2 is 1.78 bits per heavy atom. The monoisotopic (exact) mass is 363 g/mol.